The number of hydrogen-bond donors (Lipinski definition) is 0. The zero-order valence-electron chi connectivity index (χ0n) is 12.4. The average molecular weight is 342 g/mol. The number of fused-ring (bicyclic) bond motifs is 3. The summed E-state index contributed by atoms with van der Waals surface area (Å²) >= 11 is 1.18. The molecule has 3 aromatic rings. The third kappa shape index (κ3) is 2.79. The second-order valence-corrected chi connectivity index (χ2v) is 5.82. The standard InChI is InChI=1S/C18H11FO4S/c1-3-15(20)22-10-5-6-11-12-7-8-13(23-16(21)4-2)17(19)18(12)24-14(11)9-10/h3-9H,1-2H2. The van der Waals surface area contributed by atoms with Crippen LogP contribution in [-0.2, 0) is 9.59 Å². The lowest BCUT2D eigenvalue weighted by molar-refractivity contribution is -0.129. The van der Waals surface area contributed by atoms with Crippen LogP contribution in [0.15, 0.2) is 55.6 Å². The van der Waals surface area contributed by atoms with Crippen molar-refractivity contribution >= 4 is 43.4 Å². The van der Waals surface area contributed by atoms with Crippen molar-refractivity contribution in [1.82, 2.24) is 0 Å². The number of halogens is 1. The van der Waals surface area contributed by atoms with Gasteiger partial charge in [-0.15, -0.1) is 11.3 Å². The van der Waals surface area contributed by atoms with E-state index in [4.69, 9.17) is 9.47 Å². The zero-order valence-corrected chi connectivity index (χ0v) is 13.2. The molecule has 0 unspecified atom stereocenters. The van der Waals surface area contributed by atoms with E-state index in [1.807, 2.05) is 0 Å². The molecule has 0 saturated heterocycles. The number of benzene rings is 2. The molecule has 0 atom stereocenters. The van der Waals surface area contributed by atoms with Crippen LogP contribution >= 0.6 is 11.3 Å². The number of ether oxygens (including phenoxy) is 2. The van der Waals surface area contributed by atoms with Crippen molar-refractivity contribution < 1.29 is 23.5 Å². The van der Waals surface area contributed by atoms with E-state index in [2.05, 4.69) is 13.2 Å². The molecule has 4 nitrogen and oxygen atoms in total. The Morgan fingerprint density at radius 3 is 2.38 bits per heavy atom. The van der Waals surface area contributed by atoms with Gasteiger partial charge in [-0.3, -0.25) is 0 Å². The number of thiophene rings is 1. The summed E-state index contributed by atoms with van der Waals surface area (Å²) in [5.74, 6) is -1.73. The highest BCUT2D eigenvalue weighted by atomic mass is 32.1. The third-order valence-electron chi connectivity index (χ3n) is 3.28. The van der Waals surface area contributed by atoms with Crippen LogP contribution in [0.3, 0.4) is 0 Å². The summed E-state index contributed by atoms with van der Waals surface area (Å²) in [5.41, 5.74) is 0. The quantitative estimate of drug-likeness (QED) is 0.401. The molecule has 0 fully saturated rings. The van der Waals surface area contributed by atoms with Gasteiger partial charge in [0.1, 0.15) is 5.75 Å². The lowest BCUT2D eigenvalue weighted by Gasteiger charge is -2.03. The van der Waals surface area contributed by atoms with E-state index in [0.717, 1.165) is 22.2 Å². The molecular formula is C18H11FO4S. The minimum absolute atomic E-state index is 0.155. The van der Waals surface area contributed by atoms with Crippen LogP contribution in [0.1, 0.15) is 0 Å². The summed E-state index contributed by atoms with van der Waals surface area (Å²) in [7, 11) is 0. The van der Waals surface area contributed by atoms with Crippen molar-refractivity contribution in [1.29, 1.82) is 0 Å². The zero-order chi connectivity index (χ0) is 17.3. The molecular weight excluding hydrogens is 331 g/mol. The fraction of sp³-hybridized carbons (Fsp3) is 0. The van der Waals surface area contributed by atoms with Gasteiger partial charge in [0.25, 0.3) is 0 Å². The lowest BCUT2D eigenvalue weighted by Crippen LogP contribution is -2.04. The van der Waals surface area contributed by atoms with Crippen LogP contribution in [-0.4, -0.2) is 11.9 Å². The van der Waals surface area contributed by atoms with Crippen LogP contribution in [0.5, 0.6) is 11.5 Å². The Labute approximate surface area is 140 Å². The van der Waals surface area contributed by atoms with Crippen molar-refractivity contribution in [3.05, 3.63) is 61.5 Å². The van der Waals surface area contributed by atoms with Crippen molar-refractivity contribution in [3.63, 3.8) is 0 Å². The topological polar surface area (TPSA) is 52.6 Å². The molecule has 0 spiro atoms. The van der Waals surface area contributed by atoms with Crippen LogP contribution in [0, 0.1) is 5.82 Å². The fourth-order valence-electron chi connectivity index (χ4n) is 2.22. The first kappa shape index (κ1) is 15.9. The first-order valence-electron chi connectivity index (χ1n) is 6.86. The predicted octanol–water partition coefficient (Wildman–Crippen LogP) is 4.38. The van der Waals surface area contributed by atoms with Crippen LogP contribution in [0.4, 0.5) is 4.39 Å². The Hall–Kier alpha value is -2.99. The fourth-order valence-corrected chi connectivity index (χ4v) is 3.38. The molecule has 0 N–H and O–H groups in total. The van der Waals surface area contributed by atoms with Crippen LogP contribution < -0.4 is 9.47 Å². The van der Waals surface area contributed by atoms with Crippen molar-refractivity contribution in [2.24, 2.45) is 0 Å². The number of hydrogen-bond acceptors (Lipinski definition) is 5. The predicted molar refractivity (Wildman–Crippen MR) is 91.0 cm³/mol. The first-order valence-corrected chi connectivity index (χ1v) is 7.68. The molecule has 0 saturated carbocycles. The highest BCUT2D eigenvalue weighted by molar-refractivity contribution is 7.25. The number of esters is 2. The average Bonchev–Trinajstić information content (AvgIpc) is 2.95. The van der Waals surface area contributed by atoms with Gasteiger partial charge in [-0.25, -0.2) is 14.0 Å². The van der Waals surface area contributed by atoms with E-state index in [1.165, 1.54) is 17.4 Å². The Morgan fingerprint density at radius 1 is 1.00 bits per heavy atom. The summed E-state index contributed by atoms with van der Waals surface area (Å²) in [6, 6.07) is 8.10. The Balaban J connectivity index is 2.10. The molecule has 6 heteroatoms. The Bertz CT molecular complexity index is 1000. The maximum absolute atomic E-state index is 14.6. The monoisotopic (exact) mass is 342 g/mol. The van der Waals surface area contributed by atoms with E-state index in [1.54, 1.807) is 24.3 Å². The maximum Gasteiger partial charge on any atom is 0.335 e. The van der Waals surface area contributed by atoms with Gasteiger partial charge in [0.05, 0.1) is 4.70 Å². The van der Waals surface area contributed by atoms with Gasteiger partial charge >= 0.3 is 11.9 Å². The van der Waals surface area contributed by atoms with E-state index < -0.39 is 17.8 Å². The van der Waals surface area contributed by atoms with Gasteiger partial charge < -0.3 is 9.47 Å². The van der Waals surface area contributed by atoms with Gasteiger partial charge in [-0.1, -0.05) is 13.2 Å². The van der Waals surface area contributed by atoms with Gasteiger partial charge in [0.2, 0.25) is 0 Å². The normalized spacial score (nSPS) is 10.5. The summed E-state index contributed by atoms with van der Waals surface area (Å²) in [5, 5.41) is 1.50. The van der Waals surface area contributed by atoms with Crippen molar-refractivity contribution in [2.75, 3.05) is 0 Å². The van der Waals surface area contributed by atoms with Gasteiger partial charge in [-0.05, 0) is 30.3 Å². The second kappa shape index (κ2) is 6.25. The second-order valence-electron chi connectivity index (χ2n) is 4.76. The minimum Gasteiger partial charge on any atom is -0.423 e. The highest BCUT2D eigenvalue weighted by Gasteiger charge is 2.16. The number of rotatable bonds is 4. The molecule has 0 aliphatic carbocycles. The van der Waals surface area contributed by atoms with Crippen molar-refractivity contribution in [3.8, 4) is 11.5 Å². The molecule has 0 aliphatic heterocycles. The van der Waals surface area contributed by atoms with E-state index in [0.29, 0.717) is 15.8 Å². The summed E-state index contributed by atoms with van der Waals surface area (Å²) in [4.78, 5) is 22.5. The summed E-state index contributed by atoms with van der Waals surface area (Å²) < 4.78 is 25.6. The highest BCUT2D eigenvalue weighted by Crippen LogP contribution is 2.39. The smallest absolute Gasteiger partial charge is 0.335 e. The third-order valence-corrected chi connectivity index (χ3v) is 4.44. The molecule has 3 rings (SSSR count). The van der Waals surface area contributed by atoms with Gasteiger partial charge in [0, 0.05) is 27.6 Å². The number of carbonyl (C=O) groups is 2. The molecule has 0 aliphatic rings. The van der Waals surface area contributed by atoms with E-state index in [-0.39, 0.29) is 5.75 Å². The molecule has 1 aromatic heterocycles. The Kier molecular flexibility index (Phi) is 4.14. The SMILES string of the molecule is C=CC(=O)Oc1ccc2c(c1)sc1c(F)c(OC(=O)C=C)ccc12. The molecule has 120 valence electrons. The van der Waals surface area contributed by atoms with Crippen LogP contribution in [0.25, 0.3) is 20.2 Å². The van der Waals surface area contributed by atoms with E-state index in [9.17, 15) is 14.0 Å². The maximum atomic E-state index is 14.6. The molecule has 0 bridgehead atoms. The lowest BCUT2D eigenvalue weighted by atomic mass is 10.1. The van der Waals surface area contributed by atoms with Gasteiger partial charge in [-0.2, -0.15) is 0 Å². The molecule has 0 radical (unpaired) electrons. The van der Waals surface area contributed by atoms with Crippen LogP contribution in [0.2, 0.25) is 0 Å². The minimum atomic E-state index is -0.729. The molecule has 1 heterocycles. The molecule has 0 amide bonds. The number of carbonyl (C=O) groups excluding carboxylic acids is 2. The molecule has 2 aromatic carbocycles. The van der Waals surface area contributed by atoms with Gasteiger partial charge in [0.15, 0.2) is 11.6 Å². The largest absolute Gasteiger partial charge is 0.423 e. The molecule has 24 heavy (non-hydrogen) atoms. The summed E-state index contributed by atoms with van der Waals surface area (Å²) in [6.07, 6.45) is 2.03. The van der Waals surface area contributed by atoms with Crippen molar-refractivity contribution in [2.45, 2.75) is 0 Å². The summed E-state index contributed by atoms with van der Waals surface area (Å²) in [6.45, 7) is 6.62. The Morgan fingerprint density at radius 2 is 1.67 bits per heavy atom. The first-order chi connectivity index (χ1) is 11.5. The van der Waals surface area contributed by atoms with E-state index >= 15 is 0 Å².